The molecule has 1 aliphatic carbocycles. The molecule has 8 nitrogen and oxygen atoms in total. The van der Waals surface area contributed by atoms with Crippen LogP contribution in [0.1, 0.15) is 58.5 Å². The molecule has 0 saturated carbocycles. The van der Waals surface area contributed by atoms with E-state index >= 15 is 0 Å². The van der Waals surface area contributed by atoms with Gasteiger partial charge < -0.3 is 24.1 Å². The molecule has 0 saturated heterocycles. The van der Waals surface area contributed by atoms with E-state index in [0.717, 1.165) is 23.8 Å². The largest absolute Gasteiger partial charge is 0.507 e. The van der Waals surface area contributed by atoms with Gasteiger partial charge in [-0.2, -0.15) is 0 Å². The second kappa shape index (κ2) is 9.50. The molecular weight excluding hydrogens is 452 g/mol. The van der Waals surface area contributed by atoms with Crippen molar-refractivity contribution in [2.45, 2.75) is 33.3 Å². The number of esters is 1. The van der Waals surface area contributed by atoms with Crippen LogP contribution in [0.15, 0.2) is 64.1 Å². The number of Topliss-reactive ketones (excluding diaryl/α,β-unsaturated/α-hetero) is 1. The highest BCUT2D eigenvalue weighted by molar-refractivity contribution is 6.27. The smallest absolute Gasteiger partial charge is 0.374 e. The van der Waals surface area contributed by atoms with E-state index in [0.29, 0.717) is 23.3 Å². The van der Waals surface area contributed by atoms with Gasteiger partial charge in [-0.15, -0.1) is 0 Å². The first-order valence-corrected chi connectivity index (χ1v) is 11.1. The molecule has 2 N–H and O–H groups in total. The van der Waals surface area contributed by atoms with Crippen molar-refractivity contribution >= 4 is 28.5 Å². The van der Waals surface area contributed by atoms with Crippen molar-refractivity contribution in [3.63, 3.8) is 0 Å². The number of carbonyl (C=O) groups excluding carboxylic acids is 3. The van der Waals surface area contributed by atoms with E-state index in [2.05, 4.69) is 0 Å². The Bertz CT molecular complexity index is 1400. The van der Waals surface area contributed by atoms with Crippen molar-refractivity contribution < 1.29 is 38.5 Å². The molecular formula is C27H24O8. The summed E-state index contributed by atoms with van der Waals surface area (Å²) < 4.78 is 16.9. The lowest BCUT2D eigenvalue weighted by Gasteiger charge is -2.23. The number of para-hydroxylation sites is 1. The van der Waals surface area contributed by atoms with Gasteiger partial charge in [0.2, 0.25) is 5.76 Å². The van der Waals surface area contributed by atoms with E-state index in [-0.39, 0.29) is 28.9 Å². The molecule has 0 spiro atoms. The minimum Gasteiger partial charge on any atom is -0.507 e. The van der Waals surface area contributed by atoms with Crippen molar-refractivity contribution in [1.82, 2.24) is 0 Å². The lowest BCUT2D eigenvalue weighted by atomic mass is 9.85. The number of allylic oxidation sites excluding steroid dienone is 2. The van der Waals surface area contributed by atoms with Crippen LogP contribution in [0.4, 0.5) is 0 Å². The van der Waals surface area contributed by atoms with E-state index in [9.17, 15) is 24.6 Å². The van der Waals surface area contributed by atoms with Gasteiger partial charge in [0, 0.05) is 17.4 Å². The second-order valence-electron chi connectivity index (χ2n) is 8.28. The third-order valence-corrected chi connectivity index (χ3v) is 5.53. The lowest BCUT2D eigenvalue weighted by Crippen LogP contribution is -2.29. The van der Waals surface area contributed by atoms with Crippen LogP contribution < -0.4 is 4.74 Å². The molecule has 8 heteroatoms. The average Bonchev–Trinajstić information content (AvgIpc) is 3.26. The van der Waals surface area contributed by atoms with Crippen LogP contribution in [-0.4, -0.2) is 40.5 Å². The van der Waals surface area contributed by atoms with Crippen LogP contribution in [0.3, 0.4) is 0 Å². The number of rotatable bonds is 7. The van der Waals surface area contributed by atoms with Gasteiger partial charge in [-0.25, -0.2) is 4.79 Å². The fourth-order valence-electron chi connectivity index (χ4n) is 3.90. The second-order valence-corrected chi connectivity index (χ2v) is 8.28. The predicted molar refractivity (Wildman–Crippen MR) is 127 cm³/mol. The van der Waals surface area contributed by atoms with E-state index in [1.54, 1.807) is 24.3 Å². The maximum atomic E-state index is 13.3. The molecule has 3 aromatic rings. The Morgan fingerprint density at radius 3 is 2.49 bits per heavy atom. The van der Waals surface area contributed by atoms with E-state index in [4.69, 9.17) is 13.9 Å². The molecule has 1 heterocycles. The Hall–Kier alpha value is -4.33. The Morgan fingerprint density at radius 2 is 1.80 bits per heavy atom. The van der Waals surface area contributed by atoms with Gasteiger partial charge in [0.1, 0.15) is 17.6 Å². The van der Waals surface area contributed by atoms with Gasteiger partial charge >= 0.3 is 5.97 Å². The number of furan rings is 1. The van der Waals surface area contributed by atoms with Crippen molar-refractivity contribution in [2.75, 3.05) is 6.61 Å². The molecule has 0 fully saturated rings. The van der Waals surface area contributed by atoms with Crippen molar-refractivity contribution in [2.24, 2.45) is 0 Å². The van der Waals surface area contributed by atoms with E-state index in [1.165, 1.54) is 6.07 Å². The van der Waals surface area contributed by atoms with Crippen LogP contribution in [-0.2, 0) is 4.74 Å². The maximum absolute atomic E-state index is 13.3. The van der Waals surface area contributed by atoms with Crippen molar-refractivity contribution in [1.29, 1.82) is 0 Å². The minimum absolute atomic E-state index is 0.0922. The summed E-state index contributed by atoms with van der Waals surface area (Å²) in [6.45, 7) is 5.93. The molecule has 0 radical (unpaired) electrons. The van der Waals surface area contributed by atoms with Gasteiger partial charge in [-0.3, -0.25) is 9.59 Å². The molecule has 35 heavy (non-hydrogen) atoms. The number of hydrogen-bond donors (Lipinski definition) is 2. The minimum atomic E-state index is -1.14. The Morgan fingerprint density at radius 1 is 1.09 bits per heavy atom. The quantitative estimate of drug-likeness (QED) is 0.273. The molecule has 0 amide bonds. The molecule has 0 aliphatic heterocycles. The number of fused-ring (bicyclic) bond motifs is 2. The van der Waals surface area contributed by atoms with Gasteiger partial charge in [0.25, 0.3) is 0 Å². The van der Waals surface area contributed by atoms with Crippen LogP contribution >= 0.6 is 0 Å². The third-order valence-electron chi connectivity index (χ3n) is 5.53. The first kappa shape index (κ1) is 23.8. The first-order chi connectivity index (χ1) is 16.7. The molecule has 1 atom stereocenters. The fraction of sp³-hybridized carbons (Fsp3) is 0.222. The topological polar surface area (TPSA) is 123 Å². The number of ether oxygens (including phenoxy) is 2. The Kier molecular flexibility index (Phi) is 6.46. The number of phenols is 2. The standard InChI is InChI=1S/C27H24O8/c1-4-33-21-7-5-6-15-12-22(34-26(15)21)27(32)35-20(11-8-14(2)3)16-13-19(30)23-17(28)9-10-18(29)24(23)25(16)31/h5-10,12-13,20,28-29H,4,11H2,1-3H3. The maximum Gasteiger partial charge on any atom is 0.374 e. The molecule has 1 unspecified atom stereocenters. The lowest BCUT2D eigenvalue weighted by molar-refractivity contribution is 0.0339. The van der Waals surface area contributed by atoms with E-state index in [1.807, 2.05) is 20.8 Å². The number of benzene rings is 2. The highest BCUT2D eigenvalue weighted by Gasteiger charge is 2.36. The first-order valence-electron chi connectivity index (χ1n) is 11.1. The number of aromatic hydroxyl groups is 2. The summed E-state index contributed by atoms with van der Waals surface area (Å²) >= 11 is 0. The summed E-state index contributed by atoms with van der Waals surface area (Å²) in [7, 11) is 0. The van der Waals surface area contributed by atoms with Gasteiger partial charge in [-0.05, 0) is 51.1 Å². The van der Waals surface area contributed by atoms with Gasteiger partial charge in [-0.1, -0.05) is 23.8 Å². The van der Waals surface area contributed by atoms with Crippen LogP contribution in [0, 0.1) is 0 Å². The fourth-order valence-corrected chi connectivity index (χ4v) is 3.90. The number of phenolic OH excluding ortho intramolecular Hbond substituents is 2. The summed E-state index contributed by atoms with van der Waals surface area (Å²) in [6, 6.07) is 9.03. The van der Waals surface area contributed by atoms with E-state index < -0.39 is 35.1 Å². The number of hydrogen-bond acceptors (Lipinski definition) is 8. The highest BCUT2D eigenvalue weighted by Crippen LogP contribution is 2.37. The van der Waals surface area contributed by atoms with Crippen LogP contribution in [0.2, 0.25) is 0 Å². The molecule has 180 valence electrons. The summed E-state index contributed by atoms with van der Waals surface area (Å²) in [5.41, 5.74) is 0.579. The van der Waals surface area contributed by atoms with Gasteiger partial charge in [0.15, 0.2) is 22.9 Å². The number of ketones is 2. The zero-order valence-electron chi connectivity index (χ0n) is 19.5. The zero-order valence-corrected chi connectivity index (χ0v) is 19.5. The summed E-state index contributed by atoms with van der Waals surface area (Å²) in [5, 5.41) is 20.9. The molecule has 4 rings (SSSR count). The molecule has 1 aromatic heterocycles. The molecule has 0 bridgehead atoms. The van der Waals surface area contributed by atoms with Crippen LogP contribution in [0.25, 0.3) is 11.0 Å². The summed E-state index contributed by atoms with van der Waals surface area (Å²) in [6.07, 6.45) is 1.77. The molecule has 2 aromatic carbocycles. The molecule has 1 aliphatic rings. The average molecular weight is 476 g/mol. The monoisotopic (exact) mass is 476 g/mol. The third kappa shape index (κ3) is 4.55. The van der Waals surface area contributed by atoms with Crippen molar-refractivity contribution in [3.05, 3.63) is 76.6 Å². The van der Waals surface area contributed by atoms with Crippen molar-refractivity contribution in [3.8, 4) is 17.2 Å². The predicted octanol–water partition coefficient (Wildman–Crippen LogP) is 5.13. The summed E-state index contributed by atoms with van der Waals surface area (Å²) in [4.78, 5) is 39.0. The normalized spacial score (nSPS) is 13.7. The van der Waals surface area contributed by atoms with Crippen LogP contribution in [0.5, 0.6) is 17.2 Å². The SMILES string of the molecule is CCOc1cccc2cc(C(=O)OC(CC=C(C)C)C3=CC(=O)c4c(O)ccc(O)c4C3=O)oc12. The van der Waals surface area contributed by atoms with Gasteiger partial charge in [0.05, 0.1) is 17.7 Å². The Labute approximate surface area is 201 Å². The highest BCUT2D eigenvalue weighted by atomic mass is 16.6. The Balaban J connectivity index is 1.70. The zero-order chi connectivity index (χ0) is 25.3. The number of carbonyl (C=O) groups is 3. The summed E-state index contributed by atoms with van der Waals surface area (Å²) in [5.74, 6) is -2.70.